The largest absolute Gasteiger partial charge is 0.352 e. The van der Waals surface area contributed by atoms with E-state index in [1.807, 2.05) is 72.8 Å². The third-order valence-corrected chi connectivity index (χ3v) is 5.68. The quantitative estimate of drug-likeness (QED) is 0.412. The molecule has 32 heavy (non-hydrogen) atoms. The Morgan fingerprint density at radius 1 is 0.938 bits per heavy atom. The molecule has 4 nitrogen and oxygen atoms in total. The molecule has 0 saturated carbocycles. The van der Waals surface area contributed by atoms with Crippen molar-refractivity contribution in [1.82, 2.24) is 10.3 Å². The molecular weight excluding hydrogens is 418 g/mol. The van der Waals surface area contributed by atoms with E-state index in [-0.39, 0.29) is 5.91 Å². The van der Waals surface area contributed by atoms with Gasteiger partial charge in [0.05, 0.1) is 18.2 Å². The van der Waals surface area contributed by atoms with Crippen molar-refractivity contribution in [2.75, 3.05) is 6.54 Å². The molecule has 1 amide bonds. The van der Waals surface area contributed by atoms with Crippen LogP contribution in [-0.2, 0) is 19.3 Å². The van der Waals surface area contributed by atoms with Gasteiger partial charge in [-0.15, -0.1) is 0 Å². The van der Waals surface area contributed by atoms with Gasteiger partial charge in [0.15, 0.2) is 0 Å². The van der Waals surface area contributed by atoms with E-state index in [4.69, 9.17) is 16.9 Å². The minimum atomic E-state index is -0.0880. The Morgan fingerprint density at radius 2 is 1.62 bits per heavy atom. The van der Waals surface area contributed by atoms with Crippen molar-refractivity contribution in [2.24, 2.45) is 0 Å². The van der Waals surface area contributed by atoms with Gasteiger partial charge in [0.2, 0.25) is 0 Å². The van der Waals surface area contributed by atoms with Crippen LogP contribution in [0.5, 0.6) is 0 Å². The van der Waals surface area contributed by atoms with Crippen LogP contribution < -0.4 is 5.32 Å². The van der Waals surface area contributed by atoms with E-state index >= 15 is 0 Å². The minimum absolute atomic E-state index is 0.0880. The van der Waals surface area contributed by atoms with Crippen molar-refractivity contribution in [1.29, 1.82) is 5.26 Å². The lowest BCUT2D eigenvalue weighted by molar-refractivity contribution is 0.0954. The molecule has 4 rings (SSSR count). The number of pyridine rings is 1. The van der Waals surface area contributed by atoms with E-state index < -0.39 is 0 Å². The van der Waals surface area contributed by atoms with Gasteiger partial charge in [-0.2, -0.15) is 5.26 Å². The zero-order valence-electron chi connectivity index (χ0n) is 17.5. The number of carbonyl (C=O) groups excluding carboxylic acids is 1. The first-order chi connectivity index (χ1) is 15.6. The smallest absolute Gasteiger partial charge is 0.251 e. The molecule has 158 valence electrons. The molecule has 0 unspecified atom stereocenters. The third kappa shape index (κ3) is 5.14. The highest BCUT2D eigenvalue weighted by Crippen LogP contribution is 2.23. The maximum Gasteiger partial charge on any atom is 0.251 e. The predicted octanol–water partition coefficient (Wildman–Crippen LogP) is 5.52. The number of fused-ring (bicyclic) bond motifs is 1. The van der Waals surface area contributed by atoms with Gasteiger partial charge in [-0.05, 0) is 52.8 Å². The Kier molecular flexibility index (Phi) is 6.79. The van der Waals surface area contributed by atoms with Crippen molar-refractivity contribution in [3.05, 3.63) is 112 Å². The number of hydrogen-bond acceptors (Lipinski definition) is 3. The highest BCUT2D eigenvalue weighted by molar-refractivity contribution is 6.30. The van der Waals surface area contributed by atoms with Crippen molar-refractivity contribution in [3.63, 3.8) is 0 Å². The van der Waals surface area contributed by atoms with Crippen molar-refractivity contribution in [2.45, 2.75) is 19.3 Å². The number of amides is 1. The van der Waals surface area contributed by atoms with Gasteiger partial charge in [0.1, 0.15) is 0 Å². The Labute approximate surface area is 192 Å². The maximum absolute atomic E-state index is 12.5. The van der Waals surface area contributed by atoms with Crippen LogP contribution in [0.25, 0.3) is 10.8 Å². The number of hydrogen-bond donors (Lipinski definition) is 1. The summed E-state index contributed by atoms with van der Waals surface area (Å²) in [5.41, 5.74) is 4.74. The van der Waals surface area contributed by atoms with E-state index in [0.717, 1.165) is 39.6 Å². The number of aromatic nitrogens is 1. The van der Waals surface area contributed by atoms with E-state index in [1.54, 1.807) is 6.20 Å². The summed E-state index contributed by atoms with van der Waals surface area (Å²) in [6.07, 6.45) is 3.55. The SMILES string of the molecule is N#CCc1cnc(Cc2ccc(C(=O)NCCc3ccc(Cl)cc3)cc2)c2ccccc12. The van der Waals surface area contributed by atoms with Crippen molar-refractivity contribution in [3.8, 4) is 6.07 Å². The summed E-state index contributed by atoms with van der Waals surface area (Å²) >= 11 is 5.90. The highest BCUT2D eigenvalue weighted by Gasteiger charge is 2.09. The normalized spacial score (nSPS) is 10.6. The van der Waals surface area contributed by atoms with Crippen molar-refractivity contribution >= 4 is 28.3 Å². The first kappa shape index (κ1) is 21.5. The number of nitrogens with zero attached hydrogens (tertiary/aromatic N) is 2. The first-order valence-electron chi connectivity index (χ1n) is 10.5. The van der Waals surface area contributed by atoms with Crippen LogP contribution in [-0.4, -0.2) is 17.4 Å². The fourth-order valence-electron chi connectivity index (χ4n) is 3.72. The standard InChI is InChI=1S/C27H22ClN3O/c28-23-11-7-19(8-12-23)14-16-30-27(32)21-9-5-20(6-10-21)17-26-25-4-2-1-3-24(25)22(13-15-29)18-31-26/h1-12,18H,13-14,16-17H2,(H,30,32). The minimum Gasteiger partial charge on any atom is -0.352 e. The molecule has 3 aromatic carbocycles. The van der Waals surface area contributed by atoms with Gasteiger partial charge in [0, 0.05) is 35.1 Å². The van der Waals surface area contributed by atoms with Crippen molar-refractivity contribution < 1.29 is 4.79 Å². The molecular formula is C27H22ClN3O. The van der Waals surface area contributed by atoms with Crippen LogP contribution in [0, 0.1) is 11.3 Å². The average Bonchev–Trinajstić information content (AvgIpc) is 2.82. The summed E-state index contributed by atoms with van der Waals surface area (Å²) in [6, 6.07) is 25.5. The summed E-state index contributed by atoms with van der Waals surface area (Å²) in [7, 11) is 0. The summed E-state index contributed by atoms with van der Waals surface area (Å²) in [4.78, 5) is 17.1. The zero-order chi connectivity index (χ0) is 22.3. The fraction of sp³-hybridized carbons (Fsp3) is 0.148. The molecule has 0 aliphatic carbocycles. The van der Waals surface area contributed by atoms with Gasteiger partial charge in [-0.1, -0.05) is 60.1 Å². The molecule has 0 spiro atoms. The van der Waals surface area contributed by atoms with Crippen LogP contribution in [0.4, 0.5) is 0 Å². The van der Waals surface area contributed by atoms with Gasteiger partial charge in [0.25, 0.3) is 5.91 Å². The molecule has 0 aliphatic rings. The van der Waals surface area contributed by atoms with Gasteiger partial charge < -0.3 is 5.32 Å². The maximum atomic E-state index is 12.5. The molecule has 0 radical (unpaired) electrons. The van der Waals surface area contributed by atoms with Gasteiger partial charge in [-0.25, -0.2) is 0 Å². The van der Waals surface area contributed by atoms with E-state index in [1.165, 1.54) is 0 Å². The van der Waals surface area contributed by atoms with Crippen LogP contribution in [0.3, 0.4) is 0 Å². The molecule has 0 bridgehead atoms. The first-order valence-corrected chi connectivity index (χ1v) is 10.9. The third-order valence-electron chi connectivity index (χ3n) is 5.43. The van der Waals surface area contributed by atoms with E-state index in [9.17, 15) is 4.79 Å². The van der Waals surface area contributed by atoms with Crippen LogP contribution in [0.15, 0.2) is 79.0 Å². The lowest BCUT2D eigenvalue weighted by Crippen LogP contribution is -2.25. The molecule has 1 heterocycles. The van der Waals surface area contributed by atoms with Crippen LogP contribution in [0.2, 0.25) is 5.02 Å². The molecule has 1 aromatic heterocycles. The Hall–Kier alpha value is -3.68. The Balaban J connectivity index is 1.40. The molecule has 0 atom stereocenters. The number of benzene rings is 3. The number of nitrogens with one attached hydrogen (secondary N) is 1. The highest BCUT2D eigenvalue weighted by atomic mass is 35.5. The second-order valence-corrected chi connectivity index (χ2v) is 8.05. The molecule has 5 heteroatoms. The lowest BCUT2D eigenvalue weighted by Gasteiger charge is -2.10. The molecule has 1 N–H and O–H groups in total. The fourth-order valence-corrected chi connectivity index (χ4v) is 3.84. The van der Waals surface area contributed by atoms with Gasteiger partial charge >= 0.3 is 0 Å². The number of carbonyl (C=O) groups is 1. The number of rotatable bonds is 7. The summed E-state index contributed by atoms with van der Waals surface area (Å²) in [6.45, 7) is 0.563. The summed E-state index contributed by atoms with van der Waals surface area (Å²) in [5.74, 6) is -0.0880. The Bertz CT molecular complexity index is 1280. The zero-order valence-corrected chi connectivity index (χ0v) is 18.3. The monoisotopic (exact) mass is 439 g/mol. The summed E-state index contributed by atoms with van der Waals surface area (Å²) in [5, 5.41) is 14.9. The van der Waals surface area contributed by atoms with Gasteiger partial charge in [-0.3, -0.25) is 9.78 Å². The summed E-state index contributed by atoms with van der Waals surface area (Å²) < 4.78 is 0. The van der Waals surface area contributed by atoms with E-state index in [0.29, 0.717) is 30.0 Å². The molecule has 0 aliphatic heterocycles. The number of halogens is 1. The van der Waals surface area contributed by atoms with Crippen LogP contribution in [0.1, 0.15) is 32.7 Å². The topological polar surface area (TPSA) is 65.8 Å². The Morgan fingerprint density at radius 3 is 2.34 bits per heavy atom. The number of nitriles is 1. The molecule has 4 aromatic rings. The average molecular weight is 440 g/mol. The predicted molar refractivity (Wildman–Crippen MR) is 128 cm³/mol. The van der Waals surface area contributed by atoms with E-state index in [2.05, 4.69) is 16.4 Å². The van der Waals surface area contributed by atoms with Crippen LogP contribution >= 0.6 is 11.6 Å². The molecule has 0 saturated heterocycles. The second kappa shape index (κ2) is 10.1. The second-order valence-electron chi connectivity index (χ2n) is 7.62. The molecule has 0 fully saturated rings. The lowest BCUT2D eigenvalue weighted by atomic mass is 9.99.